The smallest absolute Gasteiger partial charge is 0.143 e. The van der Waals surface area contributed by atoms with E-state index in [1.807, 2.05) is 32.9 Å². The van der Waals surface area contributed by atoms with Gasteiger partial charge in [0.1, 0.15) is 23.8 Å². The Kier molecular flexibility index (Phi) is 4.75. The maximum absolute atomic E-state index is 9.34. The highest BCUT2D eigenvalue weighted by atomic mass is 16.5. The molecule has 0 saturated carbocycles. The van der Waals surface area contributed by atoms with Gasteiger partial charge in [0.15, 0.2) is 0 Å². The van der Waals surface area contributed by atoms with Crippen LogP contribution in [0.25, 0.3) is 0 Å². The van der Waals surface area contributed by atoms with Crippen molar-refractivity contribution in [3.05, 3.63) is 46.5 Å². The average Bonchev–Trinajstić information content (AvgIpc) is 2.48. The molecule has 0 aliphatic carbocycles. The number of aliphatic hydroxyl groups is 1. The van der Waals surface area contributed by atoms with Crippen LogP contribution in [0.15, 0.2) is 18.3 Å². The third-order valence-corrected chi connectivity index (χ3v) is 3.34. The van der Waals surface area contributed by atoms with Crippen molar-refractivity contribution < 1.29 is 14.6 Å². The first-order valence-corrected chi connectivity index (χ1v) is 6.76. The van der Waals surface area contributed by atoms with E-state index < -0.39 is 0 Å². The van der Waals surface area contributed by atoms with Gasteiger partial charge in [-0.2, -0.15) is 0 Å². The van der Waals surface area contributed by atoms with Crippen molar-refractivity contribution >= 4 is 0 Å². The molecule has 0 aliphatic rings. The molecule has 0 saturated heterocycles. The number of aryl methyl sites for hydroxylation is 2. The minimum Gasteiger partial charge on any atom is -0.496 e. The number of nitrogens with zero attached hydrogens (tertiary/aromatic N) is 2. The summed E-state index contributed by atoms with van der Waals surface area (Å²) in [4.78, 5) is 8.64. The molecule has 0 unspecified atom stereocenters. The lowest BCUT2D eigenvalue weighted by molar-refractivity contribution is 0.251. The first-order chi connectivity index (χ1) is 10.1. The number of aliphatic hydroxyl groups excluding tert-OH is 1. The van der Waals surface area contributed by atoms with Crippen LogP contribution in [0, 0.1) is 20.8 Å². The van der Waals surface area contributed by atoms with Crippen LogP contribution in [-0.2, 0) is 13.2 Å². The van der Waals surface area contributed by atoms with E-state index in [-0.39, 0.29) is 6.61 Å². The summed E-state index contributed by atoms with van der Waals surface area (Å²) in [6.07, 6.45) is 1.77. The van der Waals surface area contributed by atoms with Gasteiger partial charge >= 0.3 is 0 Å². The molecule has 0 radical (unpaired) electrons. The fourth-order valence-electron chi connectivity index (χ4n) is 2.21. The second kappa shape index (κ2) is 6.54. The van der Waals surface area contributed by atoms with Crippen molar-refractivity contribution in [3.8, 4) is 11.5 Å². The Bertz CT molecular complexity index is 642. The molecule has 112 valence electrons. The first kappa shape index (κ1) is 15.3. The molecule has 5 heteroatoms. The van der Waals surface area contributed by atoms with E-state index in [4.69, 9.17) is 9.47 Å². The number of hydrogen-bond acceptors (Lipinski definition) is 5. The Morgan fingerprint density at radius 3 is 2.57 bits per heavy atom. The predicted octanol–water partition coefficient (Wildman–Crippen LogP) is 2.48. The Morgan fingerprint density at radius 1 is 1.14 bits per heavy atom. The monoisotopic (exact) mass is 288 g/mol. The zero-order valence-electron chi connectivity index (χ0n) is 12.8. The maximum Gasteiger partial charge on any atom is 0.143 e. The minimum absolute atomic E-state index is 0.152. The molecule has 2 aromatic heterocycles. The van der Waals surface area contributed by atoms with E-state index in [1.54, 1.807) is 13.3 Å². The third kappa shape index (κ3) is 3.31. The van der Waals surface area contributed by atoms with Crippen molar-refractivity contribution in [2.75, 3.05) is 7.11 Å². The van der Waals surface area contributed by atoms with E-state index in [2.05, 4.69) is 9.97 Å². The Balaban J connectivity index is 2.21. The zero-order valence-corrected chi connectivity index (χ0v) is 12.8. The van der Waals surface area contributed by atoms with Crippen LogP contribution < -0.4 is 9.47 Å². The standard InChI is InChI=1S/C16H20N2O3/c1-10-7-17-14(12(3)16(10)20-4)9-21-15-6-5-11(2)18-13(15)8-19/h5-7,19H,8-9H2,1-4H3. The van der Waals surface area contributed by atoms with Crippen LogP contribution in [0.3, 0.4) is 0 Å². The van der Waals surface area contributed by atoms with Crippen LogP contribution in [-0.4, -0.2) is 22.2 Å². The van der Waals surface area contributed by atoms with Gasteiger partial charge in [-0.05, 0) is 32.9 Å². The lowest BCUT2D eigenvalue weighted by atomic mass is 10.1. The number of pyridine rings is 2. The van der Waals surface area contributed by atoms with Gasteiger partial charge in [-0.1, -0.05) is 0 Å². The summed E-state index contributed by atoms with van der Waals surface area (Å²) < 4.78 is 11.1. The normalized spacial score (nSPS) is 10.5. The second-order valence-electron chi connectivity index (χ2n) is 4.89. The molecule has 0 aliphatic heterocycles. The molecule has 5 nitrogen and oxygen atoms in total. The van der Waals surface area contributed by atoms with Crippen LogP contribution in [0.2, 0.25) is 0 Å². The number of rotatable bonds is 5. The summed E-state index contributed by atoms with van der Waals surface area (Å²) in [7, 11) is 1.65. The summed E-state index contributed by atoms with van der Waals surface area (Å²) in [5.41, 5.74) is 4.14. The molecule has 0 fully saturated rings. The average molecular weight is 288 g/mol. The van der Waals surface area contributed by atoms with Crippen molar-refractivity contribution in [2.45, 2.75) is 34.0 Å². The molecule has 0 atom stereocenters. The highest BCUT2D eigenvalue weighted by molar-refractivity contribution is 5.41. The van der Waals surface area contributed by atoms with Gasteiger partial charge in [-0.3, -0.25) is 9.97 Å². The summed E-state index contributed by atoms with van der Waals surface area (Å²) in [5.74, 6) is 1.40. The number of aromatic nitrogens is 2. The van der Waals surface area contributed by atoms with E-state index in [0.717, 1.165) is 28.3 Å². The maximum atomic E-state index is 9.34. The van der Waals surface area contributed by atoms with Gasteiger partial charge < -0.3 is 14.6 Å². The number of ether oxygens (including phenoxy) is 2. The van der Waals surface area contributed by atoms with E-state index in [9.17, 15) is 5.11 Å². The third-order valence-electron chi connectivity index (χ3n) is 3.34. The Labute approximate surface area is 124 Å². The van der Waals surface area contributed by atoms with Gasteiger partial charge in [-0.25, -0.2) is 0 Å². The predicted molar refractivity (Wildman–Crippen MR) is 79.5 cm³/mol. The molecule has 2 rings (SSSR count). The number of hydrogen-bond donors (Lipinski definition) is 1. The molecule has 0 amide bonds. The van der Waals surface area contributed by atoms with Gasteiger partial charge in [0, 0.05) is 23.0 Å². The second-order valence-corrected chi connectivity index (χ2v) is 4.89. The molecule has 21 heavy (non-hydrogen) atoms. The lowest BCUT2D eigenvalue weighted by Gasteiger charge is -2.14. The fraction of sp³-hybridized carbons (Fsp3) is 0.375. The highest BCUT2D eigenvalue weighted by Gasteiger charge is 2.11. The van der Waals surface area contributed by atoms with Crippen LogP contribution in [0.1, 0.15) is 28.2 Å². The summed E-state index contributed by atoms with van der Waals surface area (Å²) in [6.45, 7) is 5.94. The van der Waals surface area contributed by atoms with Gasteiger partial charge in [0.25, 0.3) is 0 Å². The first-order valence-electron chi connectivity index (χ1n) is 6.76. The summed E-state index contributed by atoms with van der Waals surface area (Å²) in [5, 5.41) is 9.34. The van der Waals surface area contributed by atoms with Gasteiger partial charge in [-0.15, -0.1) is 0 Å². The zero-order chi connectivity index (χ0) is 15.4. The topological polar surface area (TPSA) is 64.5 Å². The molecular formula is C16H20N2O3. The molecule has 0 aromatic carbocycles. The van der Waals surface area contributed by atoms with Gasteiger partial charge in [0.2, 0.25) is 0 Å². The van der Waals surface area contributed by atoms with Crippen molar-refractivity contribution in [1.29, 1.82) is 0 Å². The molecule has 1 N–H and O–H groups in total. The van der Waals surface area contributed by atoms with Crippen LogP contribution >= 0.6 is 0 Å². The molecule has 0 bridgehead atoms. The lowest BCUT2D eigenvalue weighted by Crippen LogP contribution is -2.06. The minimum atomic E-state index is -0.152. The Hall–Kier alpha value is -2.14. The van der Waals surface area contributed by atoms with E-state index >= 15 is 0 Å². The van der Waals surface area contributed by atoms with E-state index in [0.29, 0.717) is 18.1 Å². The van der Waals surface area contributed by atoms with Crippen molar-refractivity contribution in [2.24, 2.45) is 0 Å². The van der Waals surface area contributed by atoms with Gasteiger partial charge in [0.05, 0.1) is 19.4 Å². The quantitative estimate of drug-likeness (QED) is 0.915. The van der Waals surface area contributed by atoms with Crippen LogP contribution in [0.5, 0.6) is 11.5 Å². The summed E-state index contributed by atoms with van der Waals surface area (Å²) in [6, 6.07) is 3.67. The molecule has 2 aromatic rings. The SMILES string of the molecule is COc1c(C)cnc(COc2ccc(C)nc2CO)c1C. The molecule has 0 spiro atoms. The summed E-state index contributed by atoms with van der Waals surface area (Å²) >= 11 is 0. The van der Waals surface area contributed by atoms with Crippen molar-refractivity contribution in [3.63, 3.8) is 0 Å². The largest absolute Gasteiger partial charge is 0.496 e. The van der Waals surface area contributed by atoms with Crippen LogP contribution in [0.4, 0.5) is 0 Å². The highest BCUT2D eigenvalue weighted by Crippen LogP contribution is 2.25. The Morgan fingerprint density at radius 2 is 1.90 bits per heavy atom. The molecular weight excluding hydrogens is 268 g/mol. The van der Waals surface area contributed by atoms with Crippen molar-refractivity contribution in [1.82, 2.24) is 9.97 Å². The van der Waals surface area contributed by atoms with E-state index in [1.165, 1.54) is 0 Å². The number of methoxy groups -OCH3 is 1. The molecule has 2 heterocycles. The fourth-order valence-corrected chi connectivity index (χ4v) is 2.21.